The number of methoxy groups -OCH3 is 2. The number of nitrogens with two attached hydrogens (primary N) is 1. The topological polar surface area (TPSA) is 61.5 Å². The molecule has 0 aromatic heterocycles. The normalized spacial score (nSPS) is 12.0. The summed E-state index contributed by atoms with van der Waals surface area (Å²) in [5, 5.41) is 0. The molecule has 2 N–H and O–H groups in total. The van der Waals surface area contributed by atoms with Gasteiger partial charge in [0.1, 0.15) is 11.5 Å². The molecule has 112 valence electrons. The Balaban J connectivity index is 2.23. The summed E-state index contributed by atoms with van der Waals surface area (Å²) >= 11 is 3.42. The molecule has 0 aliphatic rings. The molecule has 6 heteroatoms. The summed E-state index contributed by atoms with van der Waals surface area (Å²) in [5.74, 6) is 1.76. The van der Waals surface area contributed by atoms with Crippen molar-refractivity contribution in [3.05, 3.63) is 46.4 Å². The molecule has 0 aliphatic carbocycles. The first-order valence-corrected chi connectivity index (χ1v) is 8.30. The van der Waals surface area contributed by atoms with Gasteiger partial charge in [-0.05, 0) is 51.8 Å². The van der Waals surface area contributed by atoms with E-state index in [1.165, 1.54) is 0 Å². The maximum atomic E-state index is 12.5. The number of halogens is 1. The van der Waals surface area contributed by atoms with Crippen LogP contribution in [0.4, 0.5) is 5.69 Å². The highest BCUT2D eigenvalue weighted by Gasteiger charge is 2.11. The van der Waals surface area contributed by atoms with Crippen LogP contribution in [0.3, 0.4) is 0 Å². The lowest BCUT2D eigenvalue weighted by molar-refractivity contribution is 0.412. The van der Waals surface area contributed by atoms with Crippen LogP contribution in [0.1, 0.15) is 5.56 Å². The van der Waals surface area contributed by atoms with E-state index < -0.39 is 10.8 Å². The number of nitrogen functional groups attached to an aromatic ring is 1. The number of ether oxygens (including phenoxy) is 2. The number of benzene rings is 2. The van der Waals surface area contributed by atoms with Crippen molar-refractivity contribution in [2.24, 2.45) is 0 Å². The van der Waals surface area contributed by atoms with Gasteiger partial charge in [0, 0.05) is 5.69 Å². The first kappa shape index (κ1) is 15.9. The van der Waals surface area contributed by atoms with Crippen LogP contribution in [-0.2, 0) is 16.6 Å². The zero-order valence-corrected chi connectivity index (χ0v) is 14.2. The monoisotopic (exact) mass is 369 g/mol. The minimum absolute atomic E-state index is 0.375. The lowest BCUT2D eigenvalue weighted by Gasteiger charge is -2.09. The van der Waals surface area contributed by atoms with Gasteiger partial charge in [-0.15, -0.1) is 0 Å². The second-order valence-corrected chi connectivity index (χ2v) is 6.64. The van der Waals surface area contributed by atoms with E-state index in [4.69, 9.17) is 15.2 Å². The van der Waals surface area contributed by atoms with Crippen molar-refractivity contribution in [2.75, 3.05) is 20.0 Å². The molecule has 0 aliphatic heterocycles. The van der Waals surface area contributed by atoms with E-state index in [1.807, 2.05) is 18.2 Å². The largest absolute Gasteiger partial charge is 0.497 e. The van der Waals surface area contributed by atoms with Crippen molar-refractivity contribution in [2.45, 2.75) is 10.6 Å². The van der Waals surface area contributed by atoms with E-state index in [1.54, 1.807) is 32.4 Å². The molecule has 4 nitrogen and oxygen atoms in total. The van der Waals surface area contributed by atoms with Crippen molar-refractivity contribution < 1.29 is 13.7 Å². The summed E-state index contributed by atoms with van der Waals surface area (Å²) in [4.78, 5) is 0.585. The highest BCUT2D eigenvalue weighted by atomic mass is 79.9. The molecule has 1 atom stereocenters. The van der Waals surface area contributed by atoms with E-state index in [2.05, 4.69) is 15.9 Å². The maximum absolute atomic E-state index is 12.5. The minimum atomic E-state index is -1.24. The van der Waals surface area contributed by atoms with Crippen molar-refractivity contribution in [3.8, 4) is 11.5 Å². The number of anilines is 1. The SMILES string of the molecule is COc1ccc(N)c(S(=O)Cc2ccc(OC)c(Br)c2)c1. The number of rotatable bonds is 5. The van der Waals surface area contributed by atoms with Crippen LogP contribution in [0.2, 0.25) is 0 Å². The van der Waals surface area contributed by atoms with Gasteiger partial charge in [0.05, 0.1) is 40.1 Å². The molecule has 2 aromatic rings. The van der Waals surface area contributed by atoms with Crippen LogP contribution in [0, 0.1) is 0 Å². The molecule has 1 unspecified atom stereocenters. The zero-order chi connectivity index (χ0) is 15.4. The predicted octanol–water partition coefficient (Wildman–Crippen LogP) is 3.36. The molecule has 0 amide bonds. The molecular weight excluding hydrogens is 354 g/mol. The van der Waals surface area contributed by atoms with E-state index in [0.29, 0.717) is 22.1 Å². The van der Waals surface area contributed by atoms with Crippen LogP contribution in [0.25, 0.3) is 0 Å². The average molecular weight is 370 g/mol. The van der Waals surface area contributed by atoms with Gasteiger partial charge in [-0.2, -0.15) is 0 Å². The second-order valence-electron chi connectivity index (χ2n) is 4.36. The molecule has 2 aromatic carbocycles. The lowest BCUT2D eigenvalue weighted by atomic mass is 10.2. The van der Waals surface area contributed by atoms with Gasteiger partial charge in [-0.3, -0.25) is 4.21 Å². The summed E-state index contributed by atoms with van der Waals surface area (Å²) in [6.45, 7) is 0. The van der Waals surface area contributed by atoms with Gasteiger partial charge in [0.2, 0.25) is 0 Å². The molecule has 2 rings (SSSR count). The standard InChI is InChI=1S/C15H16BrNO3S/c1-19-11-4-5-13(17)15(8-11)21(18)9-10-3-6-14(20-2)12(16)7-10/h3-8H,9,17H2,1-2H3. The van der Waals surface area contributed by atoms with Gasteiger partial charge in [-0.1, -0.05) is 6.07 Å². The average Bonchev–Trinajstić information content (AvgIpc) is 2.48. The van der Waals surface area contributed by atoms with Gasteiger partial charge in [0.15, 0.2) is 0 Å². The Kier molecular flexibility index (Phi) is 5.25. The first-order chi connectivity index (χ1) is 10.0. The van der Waals surface area contributed by atoms with Crippen molar-refractivity contribution in [3.63, 3.8) is 0 Å². The molecule has 0 fully saturated rings. The summed E-state index contributed by atoms with van der Waals surface area (Å²) in [6.07, 6.45) is 0. The Morgan fingerprint density at radius 3 is 2.52 bits per heavy atom. The number of hydrogen-bond donors (Lipinski definition) is 1. The molecule has 0 spiro atoms. The summed E-state index contributed by atoms with van der Waals surface area (Å²) in [5.41, 5.74) is 7.33. The van der Waals surface area contributed by atoms with Gasteiger partial charge in [-0.25, -0.2) is 0 Å². The summed E-state index contributed by atoms with van der Waals surface area (Å²) in [7, 11) is 1.93. The molecule has 0 radical (unpaired) electrons. The molecule has 0 saturated heterocycles. The van der Waals surface area contributed by atoms with Crippen LogP contribution >= 0.6 is 15.9 Å². The van der Waals surface area contributed by atoms with Crippen LogP contribution in [-0.4, -0.2) is 18.4 Å². The fourth-order valence-corrected chi connectivity index (χ4v) is 3.67. The van der Waals surface area contributed by atoms with Gasteiger partial charge >= 0.3 is 0 Å². The molecule has 0 heterocycles. The van der Waals surface area contributed by atoms with E-state index in [-0.39, 0.29) is 0 Å². The highest BCUT2D eigenvalue weighted by Crippen LogP contribution is 2.28. The zero-order valence-electron chi connectivity index (χ0n) is 11.8. The van der Waals surface area contributed by atoms with Crippen LogP contribution in [0.5, 0.6) is 11.5 Å². The summed E-state index contributed by atoms with van der Waals surface area (Å²) in [6, 6.07) is 10.8. The molecule has 0 bridgehead atoms. The van der Waals surface area contributed by atoms with Crippen LogP contribution in [0.15, 0.2) is 45.8 Å². The summed E-state index contributed by atoms with van der Waals surface area (Å²) < 4.78 is 23.7. The number of hydrogen-bond acceptors (Lipinski definition) is 4. The lowest BCUT2D eigenvalue weighted by Crippen LogP contribution is -2.02. The fourth-order valence-electron chi connectivity index (χ4n) is 1.87. The third-order valence-corrected chi connectivity index (χ3v) is 5.04. The first-order valence-electron chi connectivity index (χ1n) is 6.19. The van der Waals surface area contributed by atoms with Crippen molar-refractivity contribution in [1.29, 1.82) is 0 Å². The molecule has 21 heavy (non-hydrogen) atoms. The Morgan fingerprint density at radius 1 is 1.14 bits per heavy atom. The maximum Gasteiger partial charge on any atom is 0.133 e. The molecule has 0 saturated carbocycles. The second kappa shape index (κ2) is 6.95. The Labute approximate surface area is 134 Å². The predicted molar refractivity (Wildman–Crippen MR) is 88.2 cm³/mol. The van der Waals surface area contributed by atoms with Crippen molar-refractivity contribution >= 4 is 32.4 Å². The quantitative estimate of drug-likeness (QED) is 0.820. The Hall–Kier alpha value is -1.53. The Bertz CT molecular complexity index is 676. The Morgan fingerprint density at radius 2 is 1.90 bits per heavy atom. The fraction of sp³-hybridized carbons (Fsp3) is 0.200. The van der Waals surface area contributed by atoms with Gasteiger partial charge in [0.25, 0.3) is 0 Å². The smallest absolute Gasteiger partial charge is 0.133 e. The van der Waals surface area contributed by atoms with E-state index in [0.717, 1.165) is 15.8 Å². The third-order valence-electron chi connectivity index (χ3n) is 2.98. The minimum Gasteiger partial charge on any atom is -0.497 e. The van der Waals surface area contributed by atoms with Crippen molar-refractivity contribution in [1.82, 2.24) is 0 Å². The van der Waals surface area contributed by atoms with Crippen LogP contribution < -0.4 is 15.2 Å². The third kappa shape index (κ3) is 3.77. The van der Waals surface area contributed by atoms with E-state index >= 15 is 0 Å². The highest BCUT2D eigenvalue weighted by molar-refractivity contribution is 9.10. The van der Waals surface area contributed by atoms with E-state index in [9.17, 15) is 4.21 Å². The molecular formula is C15H16BrNO3S. The van der Waals surface area contributed by atoms with Gasteiger partial charge < -0.3 is 15.2 Å².